The maximum absolute atomic E-state index is 12.8. The van der Waals surface area contributed by atoms with Crippen LogP contribution in [0.3, 0.4) is 0 Å². The van der Waals surface area contributed by atoms with E-state index in [9.17, 15) is 4.79 Å². The molecule has 0 bridgehead atoms. The van der Waals surface area contributed by atoms with Crippen molar-refractivity contribution in [3.05, 3.63) is 77.6 Å². The predicted octanol–water partition coefficient (Wildman–Crippen LogP) is 4.88. The van der Waals surface area contributed by atoms with E-state index in [1.807, 2.05) is 59.5 Å². The molecule has 1 aliphatic rings. The standard InChI is InChI=1S/C26H26ClN5O3/c1-18(26-29-25(30-35-26)20-5-3-2-4-6-20)31-13-15-32(16-14-31)24(33)12-11-23-28-17-22(34-23)19-7-9-21(27)10-8-19/h2-10,17-18H,11-16H2,1H3. The van der Waals surface area contributed by atoms with E-state index in [0.29, 0.717) is 54.3 Å². The van der Waals surface area contributed by atoms with Gasteiger partial charge in [-0.3, -0.25) is 9.69 Å². The molecule has 3 heterocycles. The molecular formula is C26H26ClN5O3. The summed E-state index contributed by atoms with van der Waals surface area (Å²) in [5.41, 5.74) is 1.83. The fraction of sp³-hybridized carbons (Fsp3) is 0.308. The first kappa shape index (κ1) is 23.3. The lowest BCUT2D eigenvalue weighted by Gasteiger charge is -2.36. The van der Waals surface area contributed by atoms with E-state index < -0.39 is 0 Å². The Kier molecular flexibility index (Phi) is 6.92. The van der Waals surface area contributed by atoms with E-state index in [4.69, 9.17) is 20.5 Å². The average molecular weight is 492 g/mol. The Morgan fingerprint density at radius 1 is 1.03 bits per heavy atom. The molecule has 0 saturated carbocycles. The third kappa shape index (κ3) is 5.44. The fourth-order valence-corrected chi connectivity index (χ4v) is 4.30. The highest BCUT2D eigenvalue weighted by Gasteiger charge is 2.28. The maximum atomic E-state index is 12.8. The zero-order chi connectivity index (χ0) is 24.2. The molecule has 8 nitrogen and oxygen atoms in total. The van der Waals surface area contributed by atoms with Crippen LogP contribution in [0, 0.1) is 0 Å². The van der Waals surface area contributed by atoms with Gasteiger partial charge in [0.15, 0.2) is 11.7 Å². The molecule has 1 amide bonds. The Morgan fingerprint density at radius 3 is 2.51 bits per heavy atom. The van der Waals surface area contributed by atoms with Gasteiger partial charge in [0, 0.05) is 55.2 Å². The van der Waals surface area contributed by atoms with E-state index in [2.05, 4.69) is 26.9 Å². The summed E-state index contributed by atoms with van der Waals surface area (Å²) in [5.74, 6) is 2.51. The summed E-state index contributed by atoms with van der Waals surface area (Å²) in [4.78, 5) is 25.8. The topological polar surface area (TPSA) is 88.5 Å². The monoisotopic (exact) mass is 491 g/mol. The van der Waals surface area contributed by atoms with E-state index in [-0.39, 0.29) is 11.9 Å². The number of aryl methyl sites for hydroxylation is 1. The quantitative estimate of drug-likeness (QED) is 0.364. The molecule has 35 heavy (non-hydrogen) atoms. The van der Waals surface area contributed by atoms with Gasteiger partial charge in [-0.05, 0) is 31.2 Å². The number of aromatic nitrogens is 3. The molecule has 5 rings (SSSR count). The molecule has 1 aliphatic heterocycles. The summed E-state index contributed by atoms with van der Waals surface area (Å²) in [6, 6.07) is 17.1. The minimum Gasteiger partial charge on any atom is -0.441 e. The molecular weight excluding hydrogens is 466 g/mol. The smallest absolute Gasteiger partial charge is 0.244 e. The van der Waals surface area contributed by atoms with Crippen molar-refractivity contribution in [1.82, 2.24) is 24.9 Å². The summed E-state index contributed by atoms with van der Waals surface area (Å²) in [6.45, 7) is 4.86. The number of amides is 1. The lowest BCUT2D eigenvalue weighted by atomic mass is 10.2. The Balaban J connectivity index is 1.11. The molecule has 1 unspecified atom stereocenters. The van der Waals surface area contributed by atoms with Crippen LogP contribution in [-0.2, 0) is 11.2 Å². The second-order valence-electron chi connectivity index (χ2n) is 8.54. The third-order valence-corrected chi connectivity index (χ3v) is 6.53. The van der Waals surface area contributed by atoms with Crippen LogP contribution in [-0.4, -0.2) is 57.0 Å². The van der Waals surface area contributed by atoms with Crippen LogP contribution < -0.4 is 0 Å². The van der Waals surface area contributed by atoms with Gasteiger partial charge >= 0.3 is 0 Å². The van der Waals surface area contributed by atoms with Crippen molar-refractivity contribution in [3.8, 4) is 22.7 Å². The number of hydrogen-bond donors (Lipinski definition) is 0. The molecule has 0 spiro atoms. The normalized spacial score (nSPS) is 15.3. The lowest BCUT2D eigenvalue weighted by Crippen LogP contribution is -2.49. The number of hydrogen-bond acceptors (Lipinski definition) is 7. The summed E-state index contributed by atoms with van der Waals surface area (Å²) in [5, 5.41) is 4.79. The van der Waals surface area contributed by atoms with Gasteiger partial charge < -0.3 is 13.8 Å². The van der Waals surface area contributed by atoms with E-state index in [1.165, 1.54) is 0 Å². The van der Waals surface area contributed by atoms with Crippen LogP contribution in [0.5, 0.6) is 0 Å². The average Bonchev–Trinajstić information content (AvgIpc) is 3.58. The first-order valence-corrected chi connectivity index (χ1v) is 12.1. The third-order valence-electron chi connectivity index (χ3n) is 6.28. The van der Waals surface area contributed by atoms with Crippen LogP contribution in [0.25, 0.3) is 22.7 Å². The molecule has 180 valence electrons. The van der Waals surface area contributed by atoms with Crippen molar-refractivity contribution in [2.24, 2.45) is 0 Å². The van der Waals surface area contributed by atoms with E-state index >= 15 is 0 Å². The molecule has 9 heteroatoms. The molecule has 0 N–H and O–H groups in total. The lowest BCUT2D eigenvalue weighted by molar-refractivity contribution is -0.133. The zero-order valence-electron chi connectivity index (χ0n) is 19.4. The van der Waals surface area contributed by atoms with Crippen LogP contribution in [0.15, 0.2) is 69.7 Å². The van der Waals surface area contributed by atoms with Crippen molar-refractivity contribution >= 4 is 17.5 Å². The van der Waals surface area contributed by atoms with E-state index in [1.54, 1.807) is 6.20 Å². The first-order valence-electron chi connectivity index (χ1n) is 11.7. The number of nitrogens with zero attached hydrogens (tertiary/aromatic N) is 5. The van der Waals surface area contributed by atoms with Crippen molar-refractivity contribution < 1.29 is 13.7 Å². The van der Waals surface area contributed by atoms with Crippen molar-refractivity contribution in [3.63, 3.8) is 0 Å². The minimum absolute atomic E-state index is 0.0178. The molecule has 0 radical (unpaired) electrons. The Hall–Kier alpha value is -3.49. The SMILES string of the molecule is CC(c1nc(-c2ccccc2)no1)N1CCN(C(=O)CCc2ncc(-c3ccc(Cl)cc3)o2)CC1. The Labute approximate surface area is 208 Å². The summed E-state index contributed by atoms with van der Waals surface area (Å²) >= 11 is 5.94. The van der Waals surface area contributed by atoms with Crippen molar-refractivity contribution in [2.75, 3.05) is 26.2 Å². The highest BCUT2D eigenvalue weighted by Crippen LogP contribution is 2.25. The molecule has 2 aromatic heterocycles. The van der Waals surface area contributed by atoms with Crippen LogP contribution >= 0.6 is 11.6 Å². The summed E-state index contributed by atoms with van der Waals surface area (Å²) < 4.78 is 11.4. The van der Waals surface area contributed by atoms with Crippen molar-refractivity contribution in [2.45, 2.75) is 25.8 Å². The Morgan fingerprint density at radius 2 is 1.77 bits per heavy atom. The Bertz CT molecular complexity index is 1260. The number of oxazole rings is 1. The van der Waals surface area contributed by atoms with Gasteiger partial charge in [-0.25, -0.2) is 4.98 Å². The highest BCUT2D eigenvalue weighted by molar-refractivity contribution is 6.30. The van der Waals surface area contributed by atoms with Gasteiger partial charge in [-0.1, -0.05) is 47.1 Å². The van der Waals surface area contributed by atoms with Gasteiger partial charge in [0.25, 0.3) is 0 Å². The molecule has 1 saturated heterocycles. The minimum atomic E-state index is -0.0178. The number of carbonyl (C=O) groups excluding carboxylic acids is 1. The van der Waals surface area contributed by atoms with Crippen LogP contribution in [0.2, 0.25) is 5.02 Å². The molecule has 1 fully saturated rings. The summed E-state index contributed by atoms with van der Waals surface area (Å²) in [7, 11) is 0. The molecule has 4 aromatic rings. The van der Waals surface area contributed by atoms with Crippen molar-refractivity contribution in [1.29, 1.82) is 0 Å². The number of piperazine rings is 1. The second kappa shape index (κ2) is 10.4. The van der Waals surface area contributed by atoms with Gasteiger partial charge in [-0.15, -0.1) is 0 Å². The summed E-state index contributed by atoms with van der Waals surface area (Å²) in [6.07, 6.45) is 2.51. The first-order chi connectivity index (χ1) is 17.1. The molecule has 2 aromatic carbocycles. The largest absolute Gasteiger partial charge is 0.441 e. The van der Waals surface area contributed by atoms with Gasteiger partial charge in [-0.2, -0.15) is 4.98 Å². The molecule has 0 aliphatic carbocycles. The van der Waals surface area contributed by atoms with Gasteiger partial charge in [0.2, 0.25) is 17.6 Å². The molecule has 1 atom stereocenters. The maximum Gasteiger partial charge on any atom is 0.244 e. The number of halogens is 1. The predicted molar refractivity (Wildman–Crippen MR) is 132 cm³/mol. The second-order valence-corrected chi connectivity index (χ2v) is 8.98. The number of carbonyl (C=O) groups is 1. The number of rotatable bonds is 7. The van der Waals surface area contributed by atoms with E-state index in [0.717, 1.165) is 24.2 Å². The fourth-order valence-electron chi connectivity index (χ4n) is 4.17. The number of benzene rings is 2. The van der Waals surface area contributed by atoms with Crippen LogP contribution in [0.1, 0.15) is 31.2 Å². The van der Waals surface area contributed by atoms with Gasteiger partial charge in [0.05, 0.1) is 12.2 Å². The van der Waals surface area contributed by atoms with Crippen LogP contribution in [0.4, 0.5) is 0 Å². The zero-order valence-corrected chi connectivity index (χ0v) is 20.2. The van der Waals surface area contributed by atoms with Gasteiger partial charge in [0.1, 0.15) is 0 Å². The highest BCUT2D eigenvalue weighted by atomic mass is 35.5.